The van der Waals surface area contributed by atoms with Crippen LogP contribution in [-0.4, -0.2) is 5.11 Å². The summed E-state index contributed by atoms with van der Waals surface area (Å²) in [6.07, 6.45) is 1.68. The molecule has 0 aliphatic rings. The Morgan fingerprint density at radius 3 is 2.56 bits per heavy atom. The molecule has 1 aromatic rings. The molecule has 0 saturated carbocycles. The van der Waals surface area contributed by atoms with Crippen LogP contribution in [0.3, 0.4) is 0 Å². The Kier molecular flexibility index (Phi) is 4.09. The molecule has 0 aromatic heterocycles. The molecule has 0 bridgehead atoms. The van der Waals surface area contributed by atoms with Gasteiger partial charge >= 0.3 is 0 Å². The van der Waals surface area contributed by atoms with E-state index in [0.717, 1.165) is 6.42 Å². The molecule has 0 amide bonds. The van der Waals surface area contributed by atoms with Crippen LogP contribution in [0, 0.1) is 18.7 Å². The molecule has 2 unspecified atom stereocenters. The summed E-state index contributed by atoms with van der Waals surface area (Å²) in [7, 11) is 0. The SMILES string of the molecule is CCC(C)CC(C)(O)c1ccc(C)c(F)c1. The van der Waals surface area contributed by atoms with Crippen LogP contribution in [0.25, 0.3) is 0 Å². The third-order valence-electron chi connectivity index (χ3n) is 3.24. The number of benzene rings is 1. The maximum atomic E-state index is 13.4. The van der Waals surface area contributed by atoms with Crippen LogP contribution in [0.15, 0.2) is 18.2 Å². The number of aliphatic hydroxyl groups is 1. The summed E-state index contributed by atoms with van der Waals surface area (Å²) in [5, 5.41) is 10.3. The first-order chi connectivity index (χ1) is 7.36. The quantitative estimate of drug-likeness (QED) is 0.825. The lowest BCUT2D eigenvalue weighted by molar-refractivity contribution is 0.0316. The third-order valence-corrected chi connectivity index (χ3v) is 3.24. The monoisotopic (exact) mass is 224 g/mol. The summed E-state index contributed by atoms with van der Waals surface area (Å²) in [5.74, 6) is 0.182. The molecule has 1 rings (SSSR count). The molecule has 16 heavy (non-hydrogen) atoms. The van der Waals surface area contributed by atoms with Crippen molar-refractivity contribution in [2.75, 3.05) is 0 Å². The van der Waals surface area contributed by atoms with Crippen molar-refractivity contribution in [1.29, 1.82) is 0 Å². The van der Waals surface area contributed by atoms with Crippen LogP contribution in [0.5, 0.6) is 0 Å². The van der Waals surface area contributed by atoms with Crippen molar-refractivity contribution in [3.05, 3.63) is 35.1 Å². The first kappa shape index (κ1) is 13.2. The lowest BCUT2D eigenvalue weighted by atomic mass is 9.85. The van der Waals surface area contributed by atoms with Crippen LogP contribution in [0.4, 0.5) is 4.39 Å². The van der Waals surface area contributed by atoms with E-state index in [4.69, 9.17) is 0 Å². The second-order valence-electron chi connectivity index (χ2n) is 4.96. The van der Waals surface area contributed by atoms with Crippen molar-refractivity contribution in [2.45, 2.75) is 46.1 Å². The predicted molar refractivity (Wildman–Crippen MR) is 64.8 cm³/mol. The fraction of sp³-hybridized carbons (Fsp3) is 0.571. The number of halogens is 1. The van der Waals surface area contributed by atoms with E-state index in [2.05, 4.69) is 13.8 Å². The van der Waals surface area contributed by atoms with E-state index in [1.54, 1.807) is 26.0 Å². The van der Waals surface area contributed by atoms with Gasteiger partial charge in [0.1, 0.15) is 5.82 Å². The molecule has 90 valence electrons. The van der Waals surface area contributed by atoms with Crippen LogP contribution in [-0.2, 0) is 5.60 Å². The Morgan fingerprint density at radius 1 is 1.44 bits per heavy atom. The molecule has 0 spiro atoms. The molecular weight excluding hydrogens is 203 g/mol. The summed E-state index contributed by atoms with van der Waals surface area (Å²) in [6, 6.07) is 4.97. The number of hydrogen-bond acceptors (Lipinski definition) is 1. The van der Waals surface area contributed by atoms with Crippen molar-refractivity contribution in [3.8, 4) is 0 Å². The zero-order chi connectivity index (χ0) is 12.3. The normalized spacial score (nSPS) is 16.9. The van der Waals surface area contributed by atoms with Gasteiger partial charge in [0.25, 0.3) is 0 Å². The summed E-state index contributed by atoms with van der Waals surface area (Å²) >= 11 is 0. The molecular formula is C14H21FO. The van der Waals surface area contributed by atoms with E-state index in [1.807, 2.05) is 0 Å². The second kappa shape index (κ2) is 4.96. The van der Waals surface area contributed by atoms with Gasteiger partial charge in [0.2, 0.25) is 0 Å². The molecule has 1 aromatic carbocycles. The summed E-state index contributed by atoms with van der Waals surface area (Å²) < 4.78 is 13.4. The smallest absolute Gasteiger partial charge is 0.126 e. The number of rotatable bonds is 4. The fourth-order valence-electron chi connectivity index (χ4n) is 1.87. The minimum Gasteiger partial charge on any atom is -0.385 e. The predicted octanol–water partition coefficient (Wildman–Crippen LogP) is 3.78. The molecule has 0 aliphatic carbocycles. The van der Waals surface area contributed by atoms with Gasteiger partial charge in [-0.3, -0.25) is 0 Å². The minimum atomic E-state index is -0.941. The van der Waals surface area contributed by atoms with Crippen molar-refractivity contribution >= 4 is 0 Å². The molecule has 2 atom stereocenters. The molecule has 0 fully saturated rings. The van der Waals surface area contributed by atoms with E-state index in [0.29, 0.717) is 23.5 Å². The van der Waals surface area contributed by atoms with Gasteiger partial charge in [-0.2, -0.15) is 0 Å². The first-order valence-electron chi connectivity index (χ1n) is 5.86. The first-order valence-corrected chi connectivity index (χ1v) is 5.86. The Morgan fingerprint density at radius 2 is 2.06 bits per heavy atom. The van der Waals surface area contributed by atoms with Crippen LogP contribution in [0.2, 0.25) is 0 Å². The fourth-order valence-corrected chi connectivity index (χ4v) is 1.87. The van der Waals surface area contributed by atoms with Gasteiger partial charge in [0.15, 0.2) is 0 Å². The van der Waals surface area contributed by atoms with Gasteiger partial charge in [-0.05, 0) is 43.4 Å². The van der Waals surface area contributed by atoms with Gasteiger partial charge in [0.05, 0.1) is 5.60 Å². The van der Waals surface area contributed by atoms with Crippen molar-refractivity contribution in [1.82, 2.24) is 0 Å². The van der Waals surface area contributed by atoms with Crippen LogP contribution in [0.1, 0.15) is 44.7 Å². The molecule has 2 heteroatoms. The second-order valence-corrected chi connectivity index (χ2v) is 4.96. The van der Waals surface area contributed by atoms with Crippen molar-refractivity contribution in [2.24, 2.45) is 5.92 Å². The van der Waals surface area contributed by atoms with E-state index in [-0.39, 0.29) is 5.82 Å². The van der Waals surface area contributed by atoms with Crippen molar-refractivity contribution < 1.29 is 9.50 Å². The Labute approximate surface area is 97.3 Å². The van der Waals surface area contributed by atoms with Crippen molar-refractivity contribution in [3.63, 3.8) is 0 Å². The standard InChI is InChI=1S/C14H21FO/c1-5-10(2)9-14(4,16)12-7-6-11(3)13(15)8-12/h6-8,10,16H,5,9H2,1-4H3. The Bertz CT molecular complexity index is 358. The zero-order valence-electron chi connectivity index (χ0n) is 10.5. The maximum Gasteiger partial charge on any atom is 0.126 e. The largest absolute Gasteiger partial charge is 0.385 e. The molecule has 0 aliphatic heterocycles. The van der Waals surface area contributed by atoms with E-state index < -0.39 is 5.60 Å². The topological polar surface area (TPSA) is 20.2 Å². The number of hydrogen-bond donors (Lipinski definition) is 1. The summed E-state index contributed by atoms with van der Waals surface area (Å²) in [6.45, 7) is 7.67. The number of aryl methyl sites for hydroxylation is 1. The Hall–Kier alpha value is -0.890. The lowest BCUT2D eigenvalue weighted by Crippen LogP contribution is -2.24. The maximum absolute atomic E-state index is 13.4. The van der Waals surface area contributed by atoms with Gasteiger partial charge in [-0.15, -0.1) is 0 Å². The van der Waals surface area contributed by atoms with Gasteiger partial charge < -0.3 is 5.11 Å². The molecule has 1 N–H and O–H groups in total. The zero-order valence-corrected chi connectivity index (χ0v) is 10.5. The van der Waals surface area contributed by atoms with E-state index >= 15 is 0 Å². The minimum absolute atomic E-state index is 0.248. The van der Waals surface area contributed by atoms with Gasteiger partial charge in [-0.1, -0.05) is 32.4 Å². The highest BCUT2D eigenvalue weighted by atomic mass is 19.1. The average Bonchev–Trinajstić information content (AvgIpc) is 2.21. The molecule has 1 nitrogen and oxygen atoms in total. The van der Waals surface area contributed by atoms with Gasteiger partial charge in [0, 0.05) is 0 Å². The highest BCUT2D eigenvalue weighted by Gasteiger charge is 2.25. The summed E-state index contributed by atoms with van der Waals surface area (Å²) in [4.78, 5) is 0. The van der Waals surface area contributed by atoms with Gasteiger partial charge in [-0.25, -0.2) is 4.39 Å². The molecule has 0 radical (unpaired) electrons. The van der Waals surface area contributed by atoms with E-state index in [9.17, 15) is 9.50 Å². The molecule has 0 heterocycles. The van der Waals surface area contributed by atoms with E-state index in [1.165, 1.54) is 6.07 Å². The Balaban J connectivity index is 2.93. The molecule has 0 saturated heterocycles. The summed E-state index contributed by atoms with van der Waals surface area (Å²) in [5.41, 5.74) is 0.336. The van der Waals surface area contributed by atoms with Crippen LogP contribution < -0.4 is 0 Å². The third kappa shape index (κ3) is 3.05. The average molecular weight is 224 g/mol. The lowest BCUT2D eigenvalue weighted by Gasteiger charge is -2.27. The highest BCUT2D eigenvalue weighted by molar-refractivity contribution is 5.27. The van der Waals surface area contributed by atoms with Crippen LogP contribution >= 0.6 is 0 Å². The highest BCUT2D eigenvalue weighted by Crippen LogP contribution is 2.30.